The molecule has 0 aliphatic carbocycles. The van der Waals surface area contributed by atoms with Crippen molar-refractivity contribution < 1.29 is 14.3 Å². The average molecular weight is 364 g/mol. The second-order valence-electron chi connectivity index (χ2n) is 7.19. The third-order valence-corrected chi connectivity index (χ3v) is 5.62. The minimum absolute atomic E-state index is 0.0481. The Balaban J connectivity index is 1.57. The molecule has 0 bridgehead atoms. The molecule has 27 heavy (non-hydrogen) atoms. The summed E-state index contributed by atoms with van der Waals surface area (Å²) in [6, 6.07) is 13.8. The van der Waals surface area contributed by atoms with E-state index in [2.05, 4.69) is 0 Å². The number of amides is 2. The summed E-state index contributed by atoms with van der Waals surface area (Å²) in [5.41, 5.74) is 3.87. The Morgan fingerprint density at radius 2 is 1.85 bits per heavy atom. The molecule has 0 radical (unpaired) electrons. The van der Waals surface area contributed by atoms with Gasteiger partial charge in [-0.1, -0.05) is 12.1 Å². The van der Waals surface area contributed by atoms with Crippen LogP contribution in [0, 0.1) is 0 Å². The van der Waals surface area contributed by atoms with E-state index in [0.29, 0.717) is 12.1 Å². The Morgan fingerprint density at radius 1 is 1.07 bits per heavy atom. The first-order valence-electron chi connectivity index (χ1n) is 9.44. The molecule has 0 saturated carbocycles. The van der Waals surface area contributed by atoms with Gasteiger partial charge in [-0.25, -0.2) is 0 Å². The van der Waals surface area contributed by atoms with Crippen LogP contribution in [0.5, 0.6) is 5.75 Å². The molecule has 0 spiro atoms. The first-order valence-corrected chi connectivity index (χ1v) is 9.44. The summed E-state index contributed by atoms with van der Waals surface area (Å²) < 4.78 is 5.24. The van der Waals surface area contributed by atoms with E-state index in [9.17, 15) is 9.59 Å². The summed E-state index contributed by atoms with van der Waals surface area (Å²) in [4.78, 5) is 28.7. The van der Waals surface area contributed by atoms with E-state index < -0.39 is 0 Å². The van der Waals surface area contributed by atoms with E-state index in [1.54, 1.807) is 18.9 Å². The van der Waals surface area contributed by atoms with Gasteiger partial charge < -0.3 is 14.5 Å². The van der Waals surface area contributed by atoms with E-state index in [-0.39, 0.29) is 17.9 Å². The van der Waals surface area contributed by atoms with Gasteiger partial charge in [0.15, 0.2) is 0 Å². The Hall–Kier alpha value is -2.82. The van der Waals surface area contributed by atoms with E-state index in [1.807, 2.05) is 47.4 Å². The van der Waals surface area contributed by atoms with Crippen LogP contribution in [-0.2, 0) is 11.2 Å². The molecule has 1 unspecified atom stereocenters. The summed E-state index contributed by atoms with van der Waals surface area (Å²) in [7, 11) is 1.65. The minimum atomic E-state index is 0.0481. The smallest absolute Gasteiger partial charge is 0.254 e. The minimum Gasteiger partial charge on any atom is -0.497 e. The Kier molecular flexibility index (Phi) is 4.60. The molecule has 2 aromatic rings. The van der Waals surface area contributed by atoms with Crippen molar-refractivity contribution in [2.75, 3.05) is 25.1 Å². The van der Waals surface area contributed by atoms with Gasteiger partial charge >= 0.3 is 0 Å². The summed E-state index contributed by atoms with van der Waals surface area (Å²) >= 11 is 0. The number of fused-ring (bicyclic) bond motifs is 1. The highest BCUT2D eigenvalue weighted by atomic mass is 16.5. The molecule has 2 amide bonds. The molecule has 2 aliphatic rings. The van der Waals surface area contributed by atoms with Gasteiger partial charge in [0.25, 0.3) is 5.91 Å². The van der Waals surface area contributed by atoms with Crippen LogP contribution in [0.3, 0.4) is 0 Å². The number of hydrogen-bond donors (Lipinski definition) is 0. The average Bonchev–Trinajstić information content (AvgIpc) is 3.34. The number of nitrogens with zero attached hydrogens (tertiary/aromatic N) is 2. The van der Waals surface area contributed by atoms with Gasteiger partial charge in [-0.05, 0) is 60.7 Å². The topological polar surface area (TPSA) is 49.9 Å². The van der Waals surface area contributed by atoms with Crippen molar-refractivity contribution >= 4 is 17.5 Å². The number of ether oxygens (including phenoxy) is 1. The third-order valence-electron chi connectivity index (χ3n) is 5.62. The van der Waals surface area contributed by atoms with Crippen molar-refractivity contribution in [3.8, 4) is 5.75 Å². The van der Waals surface area contributed by atoms with Gasteiger partial charge in [0, 0.05) is 31.3 Å². The summed E-state index contributed by atoms with van der Waals surface area (Å²) in [6.45, 7) is 3.05. The number of benzene rings is 2. The van der Waals surface area contributed by atoms with Gasteiger partial charge in [-0.3, -0.25) is 9.59 Å². The summed E-state index contributed by atoms with van der Waals surface area (Å²) in [5, 5.41) is 0. The molecular weight excluding hydrogens is 340 g/mol. The van der Waals surface area contributed by atoms with Crippen LogP contribution in [-0.4, -0.2) is 36.9 Å². The SMILES string of the molecule is COc1ccc(C2CCCN2C(=O)c2ccc3c(c2)CCN3C(C)=O)cc1. The van der Waals surface area contributed by atoms with Crippen molar-refractivity contribution in [1.82, 2.24) is 4.90 Å². The third kappa shape index (κ3) is 3.18. The zero-order valence-electron chi connectivity index (χ0n) is 15.8. The fraction of sp³-hybridized carbons (Fsp3) is 0.364. The second-order valence-corrected chi connectivity index (χ2v) is 7.19. The van der Waals surface area contributed by atoms with Gasteiger partial charge in [-0.2, -0.15) is 0 Å². The predicted octanol–water partition coefficient (Wildman–Crippen LogP) is 3.58. The van der Waals surface area contributed by atoms with E-state index in [4.69, 9.17) is 4.74 Å². The molecule has 2 heterocycles. The number of likely N-dealkylation sites (tertiary alicyclic amines) is 1. The van der Waals surface area contributed by atoms with Crippen molar-refractivity contribution in [2.45, 2.75) is 32.2 Å². The largest absolute Gasteiger partial charge is 0.497 e. The first-order chi connectivity index (χ1) is 13.1. The Labute approximate surface area is 159 Å². The van der Waals surface area contributed by atoms with Crippen LogP contribution >= 0.6 is 0 Å². The molecule has 5 nitrogen and oxygen atoms in total. The Morgan fingerprint density at radius 3 is 2.56 bits per heavy atom. The summed E-state index contributed by atoms with van der Waals surface area (Å²) in [6.07, 6.45) is 2.78. The molecule has 4 rings (SSSR count). The molecule has 5 heteroatoms. The molecule has 1 fully saturated rings. The Bertz CT molecular complexity index is 876. The number of methoxy groups -OCH3 is 1. The number of anilines is 1. The molecule has 2 aromatic carbocycles. The maximum atomic E-state index is 13.2. The molecule has 140 valence electrons. The zero-order valence-corrected chi connectivity index (χ0v) is 15.8. The number of hydrogen-bond acceptors (Lipinski definition) is 3. The van der Waals surface area contributed by atoms with Crippen molar-refractivity contribution in [2.24, 2.45) is 0 Å². The lowest BCUT2D eigenvalue weighted by Crippen LogP contribution is -2.30. The van der Waals surface area contributed by atoms with Gasteiger partial charge in [0.05, 0.1) is 13.2 Å². The fourth-order valence-corrected chi connectivity index (χ4v) is 4.21. The maximum Gasteiger partial charge on any atom is 0.254 e. The normalized spacial score (nSPS) is 18.5. The van der Waals surface area contributed by atoms with Crippen LogP contribution in [0.25, 0.3) is 0 Å². The quantitative estimate of drug-likeness (QED) is 0.836. The molecule has 1 atom stereocenters. The lowest BCUT2D eigenvalue weighted by atomic mass is 10.0. The van der Waals surface area contributed by atoms with Crippen LogP contribution < -0.4 is 9.64 Å². The molecule has 0 aromatic heterocycles. The van der Waals surface area contributed by atoms with E-state index in [0.717, 1.165) is 48.4 Å². The first kappa shape index (κ1) is 17.6. The number of carbonyl (C=O) groups excluding carboxylic acids is 2. The summed E-state index contributed by atoms with van der Waals surface area (Å²) in [5.74, 6) is 0.938. The number of carbonyl (C=O) groups is 2. The van der Waals surface area contributed by atoms with Crippen LogP contribution in [0.1, 0.15) is 47.3 Å². The fourth-order valence-electron chi connectivity index (χ4n) is 4.21. The van der Waals surface area contributed by atoms with Gasteiger partial charge in [-0.15, -0.1) is 0 Å². The van der Waals surface area contributed by atoms with Crippen molar-refractivity contribution in [1.29, 1.82) is 0 Å². The van der Waals surface area contributed by atoms with Gasteiger partial charge in [0.1, 0.15) is 5.75 Å². The molecule has 0 N–H and O–H groups in total. The van der Waals surface area contributed by atoms with E-state index in [1.165, 1.54) is 0 Å². The van der Waals surface area contributed by atoms with Crippen molar-refractivity contribution in [3.63, 3.8) is 0 Å². The number of rotatable bonds is 3. The highest BCUT2D eigenvalue weighted by molar-refractivity contribution is 5.98. The lowest BCUT2D eigenvalue weighted by molar-refractivity contribution is -0.116. The second kappa shape index (κ2) is 7.06. The molecule has 1 saturated heterocycles. The van der Waals surface area contributed by atoms with Crippen LogP contribution in [0.15, 0.2) is 42.5 Å². The van der Waals surface area contributed by atoms with Crippen molar-refractivity contribution in [3.05, 3.63) is 59.2 Å². The maximum absolute atomic E-state index is 13.2. The highest BCUT2D eigenvalue weighted by Gasteiger charge is 2.31. The zero-order chi connectivity index (χ0) is 19.0. The molecular formula is C22H24N2O3. The standard InChI is InChI=1S/C22H24N2O3/c1-15(25)23-13-11-17-14-18(7-10-21(17)23)22(26)24-12-3-4-20(24)16-5-8-19(27-2)9-6-16/h5-10,14,20H,3-4,11-13H2,1-2H3. The van der Waals surface area contributed by atoms with Crippen LogP contribution in [0.2, 0.25) is 0 Å². The van der Waals surface area contributed by atoms with E-state index >= 15 is 0 Å². The lowest BCUT2D eigenvalue weighted by Gasteiger charge is -2.25. The predicted molar refractivity (Wildman–Crippen MR) is 104 cm³/mol. The van der Waals surface area contributed by atoms with Crippen LogP contribution in [0.4, 0.5) is 5.69 Å². The highest BCUT2D eigenvalue weighted by Crippen LogP contribution is 2.35. The molecule has 2 aliphatic heterocycles. The monoisotopic (exact) mass is 364 g/mol. The van der Waals surface area contributed by atoms with Gasteiger partial charge in [0.2, 0.25) is 5.91 Å².